The standard InChI is InChI=1S/C17H30N2O5/c1-4-5-6-7-15-12(10-18-16(2,21)22)8-14(20)9-13(15)11-19-17(3,23)24/h8-9,18-24H,4-7,10-11H2,1-3H3. The Labute approximate surface area is 143 Å². The molecule has 0 aliphatic rings. The highest BCUT2D eigenvalue weighted by atomic mass is 16.5. The largest absolute Gasteiger partial charge is 0.508 e. The Morgan fingerprint density at radius 1 is 0.875 bits per heavy atom. The zero-order valence-corrected chi connectivity index (χ0v) is 14.6. The molecule has 24 heavy (non-hydrogen) atoms. The topological polar surface area (TPSA) is 125 Å². The molecule has 0 aromatic heterocycles. The maximum atomic E-state index is 9.94. The molecule has 138 valence electrons. The lowest BCUT2D eigenvalue weighted by Gasteiger charge is -2.23. The average Bonchev–Trinajstić information content (AvgIpc) is 2.43. The van der Waals surface area contributed by atoms with E-state index in [0.717, 1.165) is 42.4 Å². The molecular formula is C17H30N2O5. The van der Waals surface area contributed by atoms with Gasteiger partial charge in [0.1, 0.15) is 5.75 Å². The van der Waals surface area contributed by atoms with Crippen LogP contribution >= 0.6 is 0 Å². The van der Waals surface area contributed by atoms with Crippen LogP contribution in [0.4, 0.5) is 0 Å². The molecule has 7 heteroatoms. The maximum Gasteiger partial charge on any atom is 0.219 e. The quantitative estimate of drug-likeness (QED) is 0.245. The minimum absolute atomic E-state index is 0.0398. The first-order valence-corrected chi connectivity index (χ1v) is 8.25. The number of nitrogens with one attached hydrogen (secondary N) is 2. The molecule has 0 unspecified atom stereocenters. The van der Waals surface area contributed by atoms with E-state index >= 15 is 0 Å². The molecule has 0 atom stereocenters. The molecule has 0 aliphatic heterocycles. The summed E-state index contributed by atoms with van der Waals surface area (Å²) in [6.45, 7) is 4.88. The van der Waals surface area contributed by atoms with E-state index in [1.807, 2.05) is 0 Å². The number of phenolic OH excluding ortho intramolecular Hbond substituents is 1. The normalized spacial score (nSPS) is 12.6. The number of benzene rings is 1. The van der Waals surface area contributed by atoms with Crippen molar-refractivity contribution in [1.82, 2.24) is 10.6 Å². The highest BCUT2D eigenvalue weighted by Gasteiger charge is 2.19. The van der Waals surface area contributed by atoms with Crippen LogP contribution in [0.5, 0.6) is 5.75 Å². The van der Waals surface area contributed by atoms with Gasteiger partial charge in [0.15, 0.2) is 0 Å². The second-order valence-corrected chi connectivity index (χ2v) is 6.45. The molecule has 7 N–H and O–H groups in total. The smallest absolute Gasteiger partial charge is 0.219 e. The monoisotopic (exact) mass is 342 g/mol. The number of unbranched alkanes of at least 4 members (excludes halogenated alkanes) is 2. The van der Waals surface area contributed by atoms with Gasteiger partial charge in [0.2, 0.25) is 11.8 Å². The third kappa shape index (κ3) is 8.05. The summed E-state index contributed by atoms with van der Waals surface area (Å²) >= 11 is 0. The van der Waals surface area contributed by atoms with Crippen molar-refractivity contribution in [2.45, 2.75) is 71.4 Å². The van der Waals surface area contributed by atoms with Crippen molar-refractivity contribution in [3.8, 4) is 5.75 Å². The third-order valence-corrected chi connectivity index (χ3v) is 3.68. The summed E-state index contributed by atoms with van der Waals surface area (Å²) in [5, 5.41) is 52.8. The summed E-state index contributed by atoms with van der Waals surface area (Å²) in [7, 11) is 0. The summed E-state index contributed by atoms with van der Waals surface area (Å²) in [6, 6.07) is 3.17. The van der Waals surface area contributed by atoms with Gasteiger partial charge in [0, 0.05) is 26.9 Å². The molecule has 1 rings (SSSR count). The van der Waals surface area contributed by atoms with E-state index in [1.165, 1.54) is 13.8 Å². The molecule has 1 aromatic rings. The van der Waals surface area contributed by atoms with Gasteiger partial charge in [-0.2, -0.15) is 0 Å². The lowest BCUT2D eigenvalue weighted by Crippen LogP contribution is -2.42. The summed E-state index contributed by atoms with van der Waals surface area (Å²) < 4.78 is 0. The van der Waals surface area contributed by atoms with Crippen molar-refractivity contribution < 1.29 is 25.5 Å². The Bertz CT molecular complexity index is 482. The summed E-state index contributed by atoms with van der Waals surface area (Å²) in [5.74, 6) is -3.99. The first-order valence-electron chi connectivity index (χ1n) is 8.25. The molecule has 1 aromatic carbocycles. The van der Waals surface area contributed by atoms with Crippen LogP contribution in [0.3, 0.4) is 0 Å². The molecule has 7 nitrogen and oxygen atoms in total. The number of hydrogen-bond acceptors (Lipinski definition) is 7. The van der Waals surface area contributed by atoms with Crippen molar-refractivity contribution in [2.75, 3.05) is 0 Å². The zero-order chi connectivity index (χ0) is 18.4. The molecule has 0 bridgehead atoms. The van der Waals surface area contributed by atoms with Gasteiger partial charge in [-0.05, 0) is 41.7 Å². The van der Waals surface area contributed by atoms with Gasteiger partial charge in [0.25, 0.3) is 0 Å². The Balaban J connectivity index is 3.06. The minimum Gasteiger partial charge on any atom is -0.508 e. The van der Waals surface area contributed by atoms with Crippen molar-refractivity contribution in [3.63, 3.8) is 0 Å². The zero-order valence-electron chi connectivity index (χ0n) is 14.6. The Morgan fingerprint density at radius 2 is 1.33 bits per heavy atom. The lowest BCUT2D eigenvalue weighted by molar-refractivity contribution is -0.171. The van der Waals surface area contributed by atoms with Crippen LogP contribution in [0.1, 0.15) is 56.7 Å². The number of hydrogen-bond donors (Lipinski definition) is 7. The van der Waals surface area contributed by atoms with Crippen molar-refractivity contribution in [1.29, 1.82) is 0 Å². The molecule has 0 saturated heterocycles. The van der Waals surface area contributed by atoms with Crippen LogP contribution in [0.2, 0.25) is 0 Å². The van der Waals surface area contributed by atoms with Gasteiger partial charge in [-0.1, -0.05) is 19.8 Å². The second-order valence-electron chi connectivity index (χ2n) is 6.45. The summed E-state index contributed by atoms with van der Waals surface area (Å²) in [6.07, 6.45) is 3.82. The predicted octanol–water partition coefficient (Wildman–Crippen LogP) is 0.621. The Hall–Kier alpha value is -1.22. The van der Waals surface area contributed by atoms with Crippen LogP contribution < -0.4 is 10.6 Å². The molecule has 0 amide bonds. The number of rotatable bonds is 10. The van der Waals surface area contributed by atoms with Gasteiger partial charge in [-0.25, -0.2) is 0 Å². The first-order chi connectivity index (χ1) is 11.0. The maximum absolute atomic E-state index is 9.94. The van der Waals surface area contributed by atoms with Gasteiger partial charge in [-0.3, -0.25) is 10.6 Å². The average molecular weight is 342 g/mol. The molecule has 0 spiro atoms. The number of aromatic hydroxyl groups is 1. The van der Waals surface area contributed by atoms with Crippen LogP contribution in [0.25, 0.3) is 0 Å². The van der Waals surface area contributed by atoms with Crippen LogP contribution in [0.15, 0.2) is 12.1 Å². The van der Waals surface area contributed by atoms with E-state index in [1.54, 1.807) is 12.1 Å². The predicted molar refractivity (Wildman–Crippen MR) is 90.7 cm³/mol. The highest BCUT2D eigenvalue weighted by molar-refractivity contribution is 5.42. The number of phenols is 1. The highest BCUT2D eigenvalue weighted by Crippen LogP contribution is 2.25. The van der Waals surface area contributed by atoms with Crippen LogP contribution in [-0.4, -0.2) is 37.4 Å². The van der Waals surface area contributed by atoms with Crippen LogP contribution in [0, 0.1) is 0 Å². The Morgan fingerprint density at radius 3 is 1.71 bits per heavy atom. The van der Waals surface area contributed by atoms with Crippen molar-refractivity contribution in [2.24, 2.45) is 0 Å². The molecule has 0 aliphatic carbocycles. The molecule has 0 radical (unpaired) electrons. The molecule has 0 fully saturated rings. The first kappa shape index (κ1) is 20.8. The Kier molecular flexibility index (Phi) is 7.59. The SMILES string of the molecule is CCCCCc1c(CNC(C)(O)O)cc(O)cc1CNC(C)(O)O. The van der Waals surface area contributed by atoms with Gasteiger partial charge < -0.3 is 25.5 Å². The second kappa shape index (κ2) is 8.75. The fourth-order valence-electron chi connectivity index (χ4n) is 2.49. The van der Waals surface area contributed by atoms with E-state index in [4.69, 9.17) is 0 Å². The summed E-state index contributed by atoms with van der Waals surface area (Å²) in [4.78, 5) is 0. The van der Waals surface area contributed by atoms with Crippen molar-refractivity contribution >= 4 is 0 Å². The van der Waals surface area contributed by atoms with Gasteiger partial charge in [-0.15, -0.1) is 0 Å². The number of aliphatic hydroxyl groups is 4. The van der Waals surface area contributed by atoms with Crippen molar-refractivity contribution in [3.05, 3.63) is 28.8 Å². The molecular weight excluding hydrogens is 312 g/mol. The fraction of sp³-hybridized carbons (Fsp3) is 0.647. The summed E-state index contributed by atoms with van der Waals surface area (Å²) in [5.41, 5.74) is 2.44. The van der Waals surface area contributed by atoms with E-state index in [-0.39, 0.29) is 18.8 Å². The molecule has 0 saturated carbocycles. The minimum atomic E-state index is -2.01. The third-order valence-electron chi connectivity index (χ3n) is 3.68. The fourth-order valence-corrected chi connectivity index (χ4v) is 2.49. The van der Waals surface area contributed by atoms with E-state index < -0.39 is 11.8 Å². The van der Waals surface area contributed by atoms with Crippen LogP contribution in [-0.2, 0) is 19.5 Å². The van der Waals surface area contributed by atoms with E-state index in [9.17, 15) is 25.5 Å². The van der Waals surface area contributed by atoms with E-state index in [2.05, 4.69) is 17.6 Å². The van der Waals surface area contributed by atoms with Gasteiger partial charge >= 0.3 is 0 Å². The molecule has 0 heterocycles. The lowest BCUT2D eigenvalue weighted by atomic mass is 9.95. The van der Waals surface area contributed by atoms with Gasteiger partial charge in [0.05, 0.1) is 0 Å². The van der Waals surface area contributed by atoms with E-state index in [0.29, 0.717) is 0 Å².